The van der Waals surface area contributed by atoms with Crippen LogP contribution >= 0.6 is 0 Å². The van der Waals surface area contributed by atoms with E-state index in [2.05, 4.69) is 13.0 Å². The molecule has 0 amide bonds. The van der Waals surface area contributed by atoms with Crippen LogP contribution in [-0.2, 0) is 5.60 Å². The Labute approximate surface area is 124 Å². The van der Waals surface area contributed by atoms with Gasteiger partial charge in [0.2, 0.25) is 0 Å². The van der Waals surface area contributed by atoms with Crippen molar-refractivity contribution in [3.05, 3.63) is 35.4 Å². The second kappa shape index (κ2) is 5.73. The fourth-order valence-electron chi connectivity index (χ4n) is 3.50. The van der Waals surface area contributed by atoms with E-state index in [0.717, 1.165) is 37.5 Å². The third kappa shape index (κ3) is 2.80. The average Bonchev–Trinajstić information content (AvgIpc) is 2.46. The first-order valence-electron chi connectivity index (χ1n) is 7.45. The molecule has 21 heavy (non-hydrogen) atoms. The maximum absolute atomic E-state index is 13.5. The topological polar surface area (TPSA) is 44.0 Å². The molecule has 2 nitrogen and oxygen atoms in total. The van der Waals surface area contributed by atoms with Gasteiger partial charge in [-0.3, -0.25) is 0 Å². The molecule has 4 heteroatoms. The van der Waals surface area contributed by atoms with Gasteiger partial charge in [-0.1, -0.05) is 26.2 Å². The van der Waals surface area contributed by atoms with Crippen LogP contribution in [0.3, 0.4) is 0 Å². The van der Waals surface area contributed by atoms with Crippen molar-refractivity contribution in [2.75, 3.05) is 0 Å². The highest BCUT2D eigenvalue weighted by Gasteiger charge is 2.51. The van der Waals surface area contributed by atoms with Crippen molar-refractivity contribution in [1.29, 1.82) is 5.26 Å². The van der Waals surface area contributed by atoms with Crippen molar-refractivity contribution in [3.8, 4) is 6.07 Å². The molecule has 1 fully saturated rings. The lowest BCUT2D eigenvalue weighted by molar-refractivity contribution is -0.0741. The van der Waals surface area contributed by atoms with Crippen LogP contribution in [0.2, 0.25) is 0 Å². The summed E-state index contributed by atoms with van der Waals surface area (Å²) in [5.74, 6) is -1.11. The van der Waals surface area contributed by atoms with Crippen LogP contribution in [-0.4, -0.2) is 5.11 Å². The normalized spacial score (nSPS) is 28.7. The number of hydrogen-bond acceptors (Lipinski definition) is 2. The number of rotatable bonds is 3. The largest absolute Gasteiger partial charge is 0.384 e. The zero-order chi connectivity index (χ0) is 15.7. The van der Waals surface area contributed by atoms with Crippen molar-refractivity contribution < 1.29 is 13.9 Å². The van der Waals surface area contributed by atoms with E-state index in [1.807, 2.05) is 0 Å². The van der Waals surface area contributed by atoms with Crippen LogP contribution in [0.1, 0.15) is 51.5 Å². The van der Waals surface area contributed by atoms with Crippen LogP contribution in [0.25, 0.3) is 0 Å². The van der Waals surface area contributed by atoms with Gasteiger partial charge in [-0.2, -0.15) is 5.26 Å². The summed E-state index contributed by atoms with van der Waals surface area (Å²) >= 11 is 0. The van der Waals surface area contributed by atoms with E-state index in [4.69, 9.17) is 0 Å². The summed E-state index contributed by atoms with van der Waals surface area (Å²) in [5.41, 5.74) is -2.43. The summed E-state index contributed by atoms with van der Waals surface area (Å²) in [4.78, 5) is 0. The Morgan fingerprint density at radius 2 is 2.00 bits per heavy atom. The van der Waals surface area contributed by atoms with Crippen molar-refractivity contribution >= 4 is 0 Å². The van der Waals surface area contributed by atoms with Crippen molar-refractivity contribution in [2.45, 2.75) is 51.6 Å². The van der Waals surface area contributed by atoms with Gasteiger partial charge in [0.1, 0.15) is 17.2 Å². The lowest BCUT2D eigenvalue weighted by atomic mass is 9.59. The summed E-state index contributed by atoms with van der Waals surface area (Å²) in [6, 6.07) is 5.28. The summed E-state index contributed by atoms with van der Waals surface area (Å²) in [7, 11) is 0. The highest BCUT2D eigenvalue weighted by Crippen LogP contribution is 2.51. The maximum Gasteiger partial charge on any atom is 0.126 e. The Morgan fingerprint density at radius 3 is 2.52 bits per heavy atom. The minimum Gasteiger partial charge on any atom is -0.384 e. The van der Waals surface area contributed by atoms with E-state index in [1.54, 1.807) is 0 Å². The smallest absolute Gasteiger partial charge is 0.126 e. The molecule has 1 N–H and O–H groups in total. The molecular weight excluding hydrogens is 272 g/mol. The first-order valence-corrected chi connectivity index (χ1v) is 7.45. The van der Waals surface area contributed by atoms with E-state index < -0.39 is 22.7 Å². The van der Waals surface area contributed by atoms with Gasteiger partial charge in [-0.25, -0.2) is 8.78 Å². The van der Waals surface area contributed by atoms with Crippen molar-refractivity contribution in [3.63, 3.8) is 0 Å². The van der Waals surface area contributed by atoms with Crippen LogP contribution in [0.5, 0.6) is 0 Å². The van der Waals surface area contributed by atoms with Gasteiger partial charge in [0.25, 0.3) is 0 Å². The molecule has 0 saturated heterocycles. The maximum atomic E-state index is 13.5. The number of hydrogen-bond donors (Lipinski definition) is 1. The van der Waals surface area contributed by atoms with Crippen molar-refractivity contribution in [2.24, 2.45) is 11.3 Å². The summed E-state index contributed by atoms with van der Waals surface area (Å²) < 4.78 is 26.9. The predicted molar refractivity (Wildman–Crippen MR) is 76.2 cm³/mol. The first kappa shape index (κ1) is 15.9. The number of halogens is 2. The fraction of sp³-hybridized carbons (Fsp3) is 0.588. The SMILES string of the molecule is CCC1CCCC(C#N)(C(C)(O)c2cc(F)cc(F)c2)C1. The monoisotopic (exact) mass is 293 g/mol. The van der Waals surface area contributed by atoms with Gasteiger partial charge in [-0.15, -0.1) is 0 Å². The predicted octanol–water partition coefficient (Wildman–Crippen LogP) is 4.28. The van der Waals surface area contributed by atoms with Crippen molar-refractivity contribution in [1.82, 2.24) is 0 Å². The lowest BCUT2D eigenvalue weighted by Gasteiger charge is -2.45. The third-order valence-electron chi connectivity index (χ3n) is 5.00. The lowest BCUT2D eigenvalue weighted by Crippen LogP contribution is -2.46. The number of benzene rings is 1. The molecule has 2 rings (SSSR count). The number of aliphatic hydroxyl groups is 1. The molecule has 3 unspecified atom stereocenters. The standard InChI is InChI=1S/C17H21F2NO/c1-3-12-5-4-6-17(10-12,11-20)16(2,21)13-7-14(18)9-15(19)8-13/h7-9,12,21H,3-6,10H2,1-2H3. The Hall–Kier alpha value is -1.47. The minimum atomic E-state index is -1.57. The molecule has 0 spiro atoms. The van der Waals surface area contributed by atoms with Gasteiger partial charge in [-0.05, 0) is 43.4 Å². The molecule has 3 atom stereocenters. The summed E-state index contributed by atoms with van der Waals surface area (Å²) in [6.07, 6.45) is 3.93. The zero-order valence-electron chi connectivity index (χ0n) is 12.5. The zero-order valence-corrected chi connectivity index (χ0v) is 12.5. The first-order chi connectivity index (χ1) is 9.84. The molecule has 1 aromatic carbocycles. The molecule has 0 bridgehead atoms. The van der Waals surface area contributed by atoms with Gasteiger partial charge in [0.05, 0.1) is 11.5 Å². The Kier molecular flexibility index (Phi) is 4.34. The number of nitriles is 1. The van der Waals surface area contributed by atoms with Gasteiger partial charge < -0.3 is 5.11 Å². The molecular formula is C17H21F2NO. The molecule has 0 heterocycles. The summed E-state index contributed by atoms with van der Waals surface area (Å²) in [6.45, 7) is 3.57. The van der Waals surface area contributed by atoms with Gasteiger partial charge in [0.15, 0.2) is 0 Å². The molecule has 1 aliphatic rings. The van der Waals surface area contributed by atoms with Crippen LogP contribution in [0.4, 0.5) is 8.78 Å². The molecule has 1 aliphatic carbocycles. The Bertz CT molecular complexity index is 544. The Balaban J connectivity index is 2.46. The van der Waals surface area contributed by atoms with E-state index in [1.165, 1.54) is 6.92 Å². The van der Waals surface area contributed by atoms with Gasteiger partial charge >= 0.3 is 0 Å². The van der Waals surface area contributed by atoms with E-state index in [-0.39, 0.29) is 5.56 Å². The van der Waals surface area contributed by atoms with E-state index in [0.29, 0.717) is 18.8 Å². The molecule has 114 valence electrons. The number of nitrogens with zero attached hydrogens (tertiary/aromatic N) is 1. The second-order valence-electron chi connectivity index (χ2n) is 6.29. The highest BCUT2D eigenvalue weighted by molar-refractivity contribution is 5.30. The molecule has 1 aromatic rings. The van der Waals surface area contributed by atoms with Gasteiger partial charge in [0, 0.05) is 6.07 Å². The fourth-order valence-corrected chi connectivity index (χ4v) is 3.50. The van der Waals surface area contributed by atoms with Crippen LogP contribution < -0.4 is 0 Å². The van der Waals surface area contributed by atoms with E-state index in [9.17, 15) is 19.1 Å². The summed E-state index contributed by atoms with van der Waals surface area (Å²) in [5, 5.41) is 20.7. The molecule has 0 aromatic heterocycles. The van der Waals surface area contributed by atoms with E-state index >= 15 is 0 Å². The van der Waals surface area contributed by atoms with Crippen LogP contribution in [0, 0.1) is 34.3 Å². The second-order valence-corrected chi connectivity index (χ2v) is 6.29. The minimum absolute atomic E-state index is 0.137. The quantitative estimate of drug-likeness (QED) is 0.903. The Morgan fingerprint density at radius 1 is 1.38 bits per heavy atom. The highest BCUT2D eigenvalue weighted by atomic mass is 19.1. The molecule has 1 saturated carbocycles. The molecule has 0 radical (unpaired) electrons. The molecule has 0 aliphatic heterocycles. The van der Waals surface area contributed by atoms with Crippen LogP contribution in [0.15, 0.2) is 18.2 Å². The average molecular weight is 293 g/mol. The third-order valence-corrected chi connectivity index (χ3v) is 5.00.